The minimum absolute atomic E-state index is 0.274. The van der Waals surface area contributed by atoms with Crippen molar-refractivity contribution in [2.45, 2.75) is 13.8 Å². The van der Waals surface area contributed by atoms with Crippen LogP contribution >= 0.6 is 22.9 Å². The van der Waals surface area contributed by atoms with Crippen LogP contribution in [0.2, 0.25) is 4.34 Å². The van der Waals surface area contributed by atoms with Crippen LogP contribution in [0.4, 0.5) is 11.4 Å². The minimum atomic E-state index is -0.309. The number of carbonyl (C=O) groups is 2. The van der Waals surface area contributed by atoms with Crippen LogP contribution in [0, 0.1) is 0 Å². The fourth-order valence-corrected chi connectivity index (χ4v) is 3.65. The van der Waals surface area contributed by atoms with Gasteiger partial charge in [-0.2, -0.15) is 0 Å². The van der Waals surface area contributed by atoms with Crippen LogP contribution in [-0.4, -0.2) is 25.0 Å². The van der Waals surface area contributed by atoms with Crippen LogP contribution < -0.4 is 20.1 Å². The average Bonchev–Trinajstić information content (AvgIpc) is 3.18. The van der Waals surface area contributed by atoms with Crippen molar-refractivity contribution in [1.29, 1.82) is 0 Å². The van der Waals surface area contributed by atoms with Crippen LogP contribution in [0.15, 0.2) is 54.6 Å². The monoisotopic (exact) mass is 444 g/mol. The molecule has 0 saturated heterocycles. The fraction of sp³-hybridized carbons (Fsp3) is 0.182. The van der Waals surface area contributed by atoms with Crippen LogP contribution in [0.5, 0.6) is 11.5 Å². The van der Waals surface area contributed by atoms with Gasteiger partial charge in [0, 0.05) is 17.7 Å². The number of ether oxygens (including phenoxy) is 2. The molecule has 1 aromatic heterocycles. The summed E-state index contributed by atoms with van der Waals surface area (Å²) in [5.74, 6) is 0.255. The quantitative estimate of drug-likeness (QED) is 0.467. The molecular weight excluding hydrogens is 424 g/mol. The number of halogens is 1. The Labute approximate surface area is 183 Å². The van der Waals surface area contributed by atoms with E-state index in [-0.39, 0.29) is 11.8 Å². The number of amides is 2. The first-order valence-electron chi connectivity index (χ1n) is 9.38. The molecule has 0 atom stereocenters. The van der Waals surface area contributed by atoms with Gasteiger partial charge in [0.1, 0.15) is 11.5 Å². The molecule has 0 aliphatic heterocycles. The second-order valence-corrected chi connectivity index (χ2v) is 7.80. The fourth-order valence-electron chi connectivity index (χ4n) is 2.71. The second kappa shape index (κ2) is 10.1. The average molecular weight is 445 g/mol. The summed E-state index contributed by atoms with van der Waals surface area (Å²) >= 11 is 7.11. The van der Waals surface area contributed by atoms with Crippen molar-refractivity contribution in [3.63, 3.8) is 0 Å². The molecule has 156 valence electrons. The van der Waals surface area contributed by atoms with Crippen molar-refractivity contribution in [3.05, 3.63) is 69.4 Å². The summed E-state index contributed by atoms with van der Waals surface area (Å²) in [6.45, 7) is 4.44. The summed E-state index contributed by atoms with van der Waals surface area (Å²) in [6, 6.07) is 15.5. The Morgan fingerprint density at radius 2 is 1.43 bits per heavy atom. The van der Waals surface area contributed by atoms with Crippen LogP contribution in [0.25, 0.3) is 0 Å². The first kappa shape index (κ1) is 21.7. The number of anilines is 2. The predicted octanol–water partition coefficient (Wildman–Crippen LogP) is 5.70. The molecule has 6 nitrogen and oxygen atoms in total. The third-order valence-corrected chi connectivity index (χ3v) is 5.24. The van der Waals surface area contributed by atoms with Crippen molar-refractivity contribution in [3.8, 4) is 11.5 Å². The van der Waals surface area contributed by atoms with E-state index < -0.39 is 0 Å². The first-order chi connectivity index (χ1) is 14.5. The zero-order valence-corrected chi connectivity index (χ0v) is 18.1. The third-order valence-electron chi connectivity index (χ3n) is 4.01. The Morgan fingerprint density at radius 1 is 0.867 bits per heavy atom. The Hall–Kier alpha value is -3.03. The maximum absolute atomic E-state index is 12.6. The molecule has 3 rings (SSSR count). The molecule has 2 aromatic carbocycles. The van der Waals surface area contributed by atoms with E-state index in [1.54, 1.807) is 48.5 Å². The molecule has 0 aliphatic carbocycles. The number of nitrogens with one attached hydrogen (secondary N) is 2. The molecule has 0 unspecified atom stereocenters. The van der Waals surface area contributed by atoms with Crippen molar-refractivity contribution < 1.29 is 19.1 Å². The Morgan fingerprint density at radius 3 is 1.93 bits per heavy atom. The summed E-state index contributed by atoms with van der Waals surface area (Å²) in [5.41, 5.74) is 1.41. The van der Waals surface area contributed by atoms with Gasteiger partial charge in [0.05, 0.1) is 33.8 Å². The van der Waals surface area contributed by atoms with Crippen molar-refractivity contribution >= 4 is 46.1 Å². The maximum atomic E-state index is 12.6. The maximum Gasteiger partial charge on any atom is 0.265 e. The number of benzene rings is 2. The molecule has 0 aliphatic rings. The highest BCUT2D eigenvalue weighted by atomic mass is 35.5. The zero-order valence-electron chi connectivity index (χ0n) is 16.5. The van der Waals surface area contributed by atoms with E-state index >= 15 is 0 Å². The van der Waals surface area contributed by atoms with Gasteiger partial charge in [-0.1, -0.05) is 29.8 Å². The highest BCUT2D eigenvalue weighted by molar-refractivity contribution is 7.18. The van der Waals surface area contributed by atoms with Gasteiger partial charge in [-0.3, -0.25) is 9.59 Å². The van der Waals surface area contributed by atoms with Gasteiger partial charge in [-0.05, 0) is 38.1 Å². The number of hydrogen-bond acceptors (Lipinski definition) is 5. The largest absolute Gasteiger partial charge is 0.492 e. The molecule has 0 bridgehead atoms. The van der Waals surface area contributed by atoms with Gasteiger partial charge < -0.3 is 20.1 Å². The molecular formula is C22H21ClN2O4S. The normalized spacial score (nSPS) is 10.4. The highest BCUT2D eigenvalue weighted by Gasteiger charge is 2.18. The number of rotatable bonds is 8. The molecule has 2 amide bonds. The topological polar surface area (TPSA) is 76.7 Å². The molecule has 8 heteroatoms. The zero-order chi connectivity index (χ0) is 21.5. The molecule has 0 fully saturated rings. The van der Waals surface area contributed by atoms with Crippen molar-refractivity contribution in [2.24, 2.45) is 0 Å². The molecule has 0 spiro atoms. The predicted molar refractivity (Wildman–Crippen MR) is 120 cm³/mol. The van der Waals surface area contributed by atoms with E-state index in [0.717, 1.165) is 0 Å². The lowest BCUT2D eigenvalue weighted by Crippen LogP contribution is -2.15. The number of hydrogen-bond donors (Lipinski definition) is 2. The molecule has 0 saturated carbocycles. The summed E-state index contributed by atoms with van der Waals surface area (Å²) in [5, 5.41) is 5.69. The van der Waals surface area contributed by atoms with Crippen LogP contribution in [-0.2, 0) is 0 Å². The highest BCUT2D eigenvalue weighted by Crippen LogP contribution is 2.37. The standard InChI is InChI=1S/C22H21ClN2O4S/c1-3-28-17-13-16(25-22(27)19-10-11-20(23)30-19)18(29-4-2)12-15(17)24-21(26)14-8-6-5-7-9-14/h5-13H,3-4H2,1-2H3,(H,24,26)(H,25,27). The summed E-state index contributed by atoms with van der Waals surface area (Å²) in [4.78, 5) is 25.7. The van der Waals surface area contributed by atoms with Gasteiger partial charge in [0.15, 0.2) is 0 Å². The van der Waals surface area contributed by atoms with E-state index in [9.17, 15) is 9.59 Å². The molecule has 1 heterocycles. The van der Waals surface area contributed by atoms with Crippen molar-refractivity contribution in [2.75, 3.05) is 23.8 Å². The van der Waals surface area contributed by atoms with Crippen molar-refractivity contribution in [1.82, 2.24) is 0 Å². The minimum Gasteiger partial charge on any atom is -0.492 e. The number of carbonyl (C=O) groups excluding carboxylic acids is 2. The summed E-state index contributed by atoms with van der Waals surface area (Å²) in [7, 11) is 0. The van der Waals surface area contributed by atoms with Gasteiger partial charge in [-0.15, -0.1) is 11.3 Å². The molecule has 2 N–H and O–H groups in total. The Kier molecular flexibility index (Phi) is 7.32. The third kappa shape index (κ3) is 5.31. The molecule has 3 aromatic rings. The van der Waals surface area contributed by atoms with E-state index in [4.69, 9.17) is 21.1 Å². The van der Waals surface area contributed by atoms with Gasteiger partial charge in [0.25, 0.3) is 11.8 Å². The summed E-state index contributed by atoms with van der Waals surface area (Å²) < 4.78 is 11.9. The van der Waals surface area contributed by atoms with Gasteiger partial charge in [0.2, 0.25) is 0 Å². The molecule has 30 heavy (non-hydrogen) atoms. The lowest BCUT2D eigenvalue weighted by Gasteiger charge is -2.17. The lowest BCUT2D eigenvalue weighted by atomic mass is 10.2. The van der Waals surface area contributed by atoms with E-state index in [1.165, 1.54) is 11.3 Å². The van der Waals surface area contributed by atoms with Crippen LogP contribution in [0.3, 0.4) is 0 Å². The van der Waals surface area contributed by atoms with E-state index in [0.29, 0.717) is 50.9 Å². The summed E-state index contributed by atoms with van der Waals surface area (Å²) in [6.07, 6.45) is 0. The van der Waals surface area contributed by atoms with E-state index in [2.05, 4.69) is 10.6 Å². The first-order valence-corrected chi connectivity index (χ1v) is 10.6. The Balaban J connectivity index is 1.92. The van der Waals surface area contributed by atoms with Gasteiger partial charge in [-0.25, -0.2) is 0 Å². The number of thiophene rings is 1. The van der Waals surface area contributed by atoms with Crippen LogP contribution in [0.1, 0.15) is 33.9 Å². The molecule has 0 radical (unpaired) electrons. The SMILES string of the molecule is CCOc1cc(NC(=O)c2ccc(Cl)s2)c(OCC)cc1NC(=O)c1ccccc1. The van der Waals surface area contributed by atoms with Gasteiger partial charge >= 0.3 is 0 Å². The second-order valence-electron chi connectivity index (χ2n) is 6.09. The Bertz CT molecular complexity index is 1040. The smallest absolute Gasteiger partial charge is 0.265 e. The van der Waals surface area contributed by atoms with E-state index in [1.807, 2.05) is 19.9 Å². The lowest BCUT2D eigenvalue weighted by molar-refractivity contribution is 0.101.